The zero-order chi connectivity index (χ0) is 15.9. The van der Waals surface area contributed by atoms with E-state index in [2.05, 4.69) is 10.2 Å². The minimum absolute atomic E-state index is 0.147. The van der Waals surface area contributed by atoms with Gasteiger partial charge in [0.05, 0.1) is 6.61 Å². The number of rotatable bonds is 8. The number of carbonyl (C=O) groups is 2. The van der Waals surface area contributed by atoms with Gasteiger partial charge in [0.2, 0.25) is 0 Å². The van der Waals surface area contributed by atoms with Gasteiger partial charge in [-0.1, -0.05) is 18.2 Å². The minimum atomic E-state index is -0.405. The average Bonchev–Trinajstić information content (AvgIpc) is 2.76. The molecule has 6 nitrogen and oxygen atoms in total. The molecule has 0 unspecified atom stereocenters. The fourth-order valence-electron chi connectivity index (χ4n) is 2.29. The molecule has 22 heavy (non-hydrogen) atoms. The molecule has 1 saturated heterocycles. The van der Waals surface area contributed by atoms with Crippen LogP contribution in [0.25, 0.3) is 0 Å². The highest BCUT2D eigenvalue weighted by Gasteiger charge is 2.34. The van der Waals surface area contributed by atoms with Crippen molar-refractivity contribution in [3.05, 3.63) is 30.3 Å². The Bertz CT molecular complexity index is 507. The first-order chi connectivity index (χ1) is 10.6. The molecular formula is C16H23N3O3. The summed E-state index contributed by atoms with van der Waals surface area (Å²) in [5, 5.41) is 2.61. The average molecular weight is 305 g/mol. The quantitative estimate of drug-likeness (QED) is 0.581. The van der Waals surface area contributed by atoms with Crippen molar-refractivity contribution in [1.82, 2.24) is 15.1 Å². The van der Waals surface area contributed by atoms with Gasteiger partial charge in [-0.15, -0.1) is 0 Å². The summed E-state index contributed by atoms with van der Waals surface area (Å²) in [6.07, 6.45) is 0.891. The van der Waals surface area contributed by atoms with Crippen LogP contribution in [-0.4, -0.2) is 61.1 Å². The Kier molecular flexibility index (Phi) is 5.77. The number of carbonyl (C=O) groups excluding carboxylic acids is 2. The van der Waals surface area contributed by atoms with Crippen LogP contribution in [0.3, 0.4) is 0 Å². The molecule has 1 atom stereocenters. The van der Waals surface area contributed by atoms with E-state index in [0.29, 0.717) is 19.7 Å². The highest BCUT2D eigenvalue weighted by Crippen LogP contribution is 2.08. The first-order valence-electron chi connectivity index (χ1n) is 7.56. The van der Waals surface area contributed by atoms with Gasteiger partial charge < -0.3 is 15.0 Å². The van der Waals surface area contributed by atoms with Crippen LogP contribution >= 0.6 is 0 Å². The van der Waals surface area contributed by atoms with Crippen molar-refractivity contribution < 1.29 is 14.3 Å². The molecule has 120 valence electrons. The summed E-state index contributed by atoms with van der Waals surface area (Å²) in [5.41, 5.74) is 0. The van der Waals surface area contributed by atoms with Crippen LogP contribution in [0.2, 0.25) is 0 Å². The summed E-state index contributed by atoms with van der Waals surface area (Å²) in [5.74, 6) is 0.726. The number of nitrogens with zero attached hydrogens (tertiary/aromatic N) is 2. The van der Waals surface area contributed by atoms with Gasteiger partial charge in [0.25, 0.3) is 5.91 Å². The first-order valence-corrected chi connectivity index (χ1v) is 7.56. The zero-order valence-corrected chi connectivity index (χ0v) is 13.1. The fourth-order valence-corrected chi connectivity index (χ4v) is 2.29. The first kappa shape index (κ1) is 16.3. The molecule has 0 aromatic heterocycles. The molecule has 1 aromatic carbocycles. The molecule has 2 rings (SSSR count). The van der Waals surface area contributed by atoms with Gasteiger partial charge >= 0.3 is 6.03 Å². The van der Waals surface area contributed by atoms with Crippen molar-refractivity contribution in [2.45, 2.75) is 19.4 Å². The summed E-state index contributed by atoms with van der Waals surface area (Å²) in [4.78, 5) is 26.7. The Balaban J connectivity index is 1.61. The Labute approximate surface area is 131 Å². The van der Waals surface area contributed by atoms with E-state index < -0.39 is 6.04 Å². The summed E-state index contributed by atoms with van der Waals surface area (Å²) >= 11 is 0. The number of para-hydroxylation sites is 1. The van der Waals surface area contributed by atoms with E-state index in [1.165, 1.54) is 4.90 Å². The van der Waals surface area contributed by atoms with Crippen LogP contribution in [0.5, 0.6) is 5.75 Å². The van der Waals surface area contributed by atoms with E-state index in [9.17, 15) is 9.59 Å². The van der Waals surface area contributed by atoms with Gasteiger partial charge in [0.1, 0.15) is 11.8 Å². The molecule has 0 aliphatic carbocycles. The second kappa shape index (κ2) is 7.79. The second-order valence-corrected chi connectivity index (χ2v) is 5.48. The molecule has 1 aliphatic heterocycles. The topological polar surface area (TPSA) is 61.9 Å². The molecule has 1 aromatic rings. The predicted molar refractivity (Wildman–Crippen MR) is 83.8 cm³/mol. The van der Waals surface area contributed by atoms with Crippen molar-refractivity contribution in [2.24, 2.45) is 0 Å². The number of benzene rings is 1. The largest absolute Gasteiger partial charge is 0.494 e. The number of likely N-dealkylation sites (N-methyl/N-ethyl adjacent to an activating group) is 1. The standard InChI is InChI=1S/C16H23N3O3/c1-13-15(20)19(16(21)17-13)11-10-18(2)9-6-12-22-14-7-4-3-5-8-14/h3-5,7-8,13H,6,9-12H2,1-2H3,(H,17,21)/t13-/m0/s1. The highest BCUT2D eigenvalue weighted by molar-refractivity contribution is 6.03. The van der Waals surface area contributed by atoms with Gasteiger partial charge in [-0.05, 0) is 32.5 Å². The molecule has 0 radical (unpaired) electrons. The lowest BCUT2D eigenvalue weighted by Gasteiger charge is -2.20. The number of urea groups is 1. The van der Waals surface area contributed by atoms with Gasteiger partial charge in [-0.2, -0.15) is 0 Å². The van der Waals surface area contributed by atoms with Crippen LogP contribution in [-0.2, 0) is 4.79 Å². The number of imide groups is 1. The molecule has 1 N–H and O–H groups in total. The number of hydrogen-bond donors (Lipinski definition) is 1. The number of ether oxygens (including phenoxy) is 1. The van der Waals surface area contributed by atoms with Crippen LogP contribution in [0, 0.1) is 0 Å². The molecule has 0 saturated carbocycles. The molecule has 1 fully saturated rings. The molecule has 6 heteroatoms. The van der Waals surface area contributed by atoms with Gasteiger partial charge in [-0.25, -0.2) is 4.79 Å². The van der Waals surface area contributed by atoms with E-state index in [1.54, 1.807) is 6.92 Å². The fraction of sp³-hybridized carbons (Fsp3) is 0.500. The zero-order valence-electron chi connectivity index (χ0n) is 13.1. The Morgan fingerprint density at radius 2 is 1.95 bits per heavy atom. The minimum Gasteiger partial charge on any atom is -0.494 e. The van der Waals surface area contributed by atoms with Gasteiger partial charge in [0, 0.05) is 19.6 Å². The van der Waals surface area contributed by atoms with Crippen molar-refractivity contribution >= 4 is 11.9 Å². The highest BCUT2D eigenvalue weighted by atomic mass is 16.5. The summed E-state index contributed by atoms with van der Waals surface area (Å²) in [6, 6.07) is 9.01. The molecule has 1 aliphatic rings. The van der Waals surface area contributed by atoms with Crippen molar-refractivity contribution in [3.8, 4) is 5.75 Å². The molecule has 1 heterocycles. The second-order valence-electron chi connectivity index (χ2n) is 5.48. The van der Waals surface area contributed by atoms with Crippen LogP contribution in [0.1, 0.15) is 13.3 Å². The van der Waals surface area contributed by atoms with Gasteiger partial charge in [-0.3, -0.25) is 9.69 Å². The summed E-state index contributed by atoms with van der Waals surface area (Å²) < 4.78 is 5.63. The third kappa shape index (κ3) is 4.46. The van der Waals surface area contributed by atoms with Crippen molar-refractivity contribution in [1.29, 1.82) is 0 Å². The molecule has 0 bridgehead atoms. The third-order valence-electron chi connectivity index (χ3n) is 3.62. The number of hydrogen-bond acceptors (Lipinski definition) is 4. The predicted octanol–water partition coefficient (Wildman–Crippen LogP) is 1.33. The number of amides is 3. The van der Waals surface area contributed by atoms with Crippen molar-refractivity contribution in [3.63, 3.8) is 0 Å². The van der Waals surface area contributed by atoms with E-state index >= 15 is 0 Å². The monoisotopic (exact) mass is 305 g/mol. The SMILES string of the molecule is C[C@@H]1NC(=O)N(CCN(C)CCCOc2ccccc2)C1=O. The van der Waals surface area contributed by atoms with Crippen molar-refractivity contribution in [2.75, 3.05) is 33.3 Å². The lowest BCUT2D eigenvalue weighted by atomic mass is 10.3. The van der Waals surface area contributed by atoms with E-state index in [0.717, 1.165) is 18.7 Å². The van der Waals surface area contributed by atoms with Crippen LogP contribution in [0.15, 0.2) is 30.3 Å². The lowest BCUT2D eigenvalue weighted by Crippen LogP contribution is -2.38. The maximum atomic E-state index is 11.7. The maximum Gasteiger partial charge on any atom is 0.324 e. The smallest absolute Gasteiger partial charge is 0.324 e. The molecular weight excluding hydrogens is 282 g/mol. The third-order valence-corrected chi connectivity index (χ3v) is 3.62. The van der Waals surface area contributed by atoms with E-state index in [-0.39, 0.29) is 11.9 Å². The summed E-state index contributed by atoms with van der Waals surface area (Å²) in [7, 11) is 1.98. The summed E-state index contributed by atoms with van der Waals surface area (Å²) in [6.45, 7) is 4.29. The van der Waals surface area contributed by atoms with E-state index in [4.69, 9.17) is 4.74 Å². The lowest BCUT2D eigenvalue weighted by molar-refractivity contribution is -0.127. The van der Waals surface area contributed by atoms with Gasteiger partial charge in [0.15, 0.2) is 0 Å². The Morgan fingerprint density at radius 1 is 1.23 bits per heavy atom. The van der Waals surface area contributed by atoms with E-state index in [1.807, 2.05) is 37.4 Å². The molecule has 3 amide bonds. The Morgan fingerprint density at radius 3 is 2.59 bits per heavy atom. The number of nitrogens with one attached hydrogen (secondary N) is 1. The van der Waals surface area contributed by atoms with Crippen LogP contribution < -0.4 is 10.1 Å². The van der Waals surface area contributed by atoms with Crippen LogP contribution in [0.4, 0.5) is 4.79 Å². The molecule has 0 spiro atoms. The Hall–Kier alpha value is -2.08. The normalized spacial score (nSPS) is 18.0. The maximum absolute atomic E-state index is 11.7.